The monoisotopic (exact) mass is 667 g/mol. The van der Waals surface area contributed by atoms with Crippen molar-refractivity contribution >= 4 is 5.97 Å². The summed E-state index contributed by atoms with van der Waals surface area (Å²) in [6.07, 6.45) is -0.250. The van der Waals surface area contributed by atoms with Gasteiger partial charge in [0.05, 0.1) is 24.3 Å². The molecule has 6 rings (SSSR count). The van der Waals surface area contributed by atoms with Crippen LogP contribution in [-0.2, 0) is 40.6 Å². The Kier molecular flexibility index (Phi) is 9.95. The second-order valence-electron chi connectivity index (χ2n) is 13.1. The molecule has 0 amide bonds. The normalized spacial score (nSPS) is 14.3. The lowest BCUT2D eigenvalue weighted by Gasteiger charge is -2.15. The number of aryl methyl sites for hydroxylation is 1. The van der Waals surface area contributed by atoms with Crippen molar-refractivity contribution in [1.29, 1.82) is 0 Å². The maximum Gasteiger partial charge on any atom is 0.416 e. The third-order valence-corrected chi connectivity index (χ3v) is 9.35. The molecule has 1 aliphatic carbocycles. The van der Waals surface area contributed by atoms with Gasteiger partial charge in [-0.05, 0) is 97.5 Å². The molecular weight excluding hydrogens is 627 g/mol. The van der Waals surface area contributed by atoms with Crippen LogP contribution in [0, 0.1) is 12.8 Å². The highest BCUT2D eigenvalue weighted by Crippen LogP contribution is 2.51. The van der Waals surface area contributed by atoms with Crippen LogP contribution in [0.5, 0.6) is 5.75 Å². The SMILES string of the molecule is CCOC(=O)CC1(c2ccc(-c3ccc(-c4onc(C)c4CC(C)Cc4ccc(OCc5ccc(C(F)(F)F)cc5)cc4)cc3)cc2)CC1. The van der Waals surface area contributed by atoms with Crippen molar-refractivity contribution < 1.29 is 32.0 Å². The number of carbonyl (C=O) groups is 1. The van der Waals surface area contributed by atoms with Crippen molar-refractivity contribution in [2.24, 2.45) is 5.92 Å². The van der Waals surface area contributed by atoms with E-state index in [0.29, 0.717) is 30.3 Å². The molecule has 1 atom stereocenters. The number of carbonyl (C=O) groups excluding carboxylic acids is 1. The minimum atomic E-state index is -4.35. The molecule has 1 aromatic heterocycles. The van der Waals surface area contributed by atoms with Crippen LogP contribution in [0.25, 0.3) is 22.5 Å². The molecule has 4 aromatic carbocycles. The van der Waals surface area contributed by atoms with E-state index in [9.17, 15) is 18.0 Å². The smallest absolute Gasteiger partial charge is 0.416 e. The van der Waals surface area contributed by atoms with Crippen LogP contribution in [0.3, 0.4) is 0 Å². The number of alkyl halides is 3. The van der Waals surface area contributed by atoms with Gasteiger partial charge in [0.25, 0.3) is 0 Å². The molecule has 0 spiro atoms. The molecule has 1 fully saturated rings. The average molecular weight is 668 g/mol. The second-order valence-corrected chi connectivity index (χ2v) is 13.1. The maximum atomic E-state index is 12.8. The minimum Gasteiger partial charge on any atom is -0.489 e. The number of esters is 1. The Balaban J connectivity index is 1.04. The highest BCUT2D eigenvalue weighted by atomic mass is 19.4. The van der Waals surface area contributed by atoms with E-state index in [-0.39, 0.29) is 18.0 Å². The van der Waals surface area contributed by atoms with Gasteiger partial charge in [-0.3, -0.25) is 4.79 Å². The minimum absolute atomic E-state index is 0.0783. The first kappa shape index (κ1) is 34.0. The van der Waals surface area contributed by atoms with E-state index in [1.807, 2.05) is 38.1 Å². The molecule has 254 valence electrons. The fraction of sp³-hybridized carbons (Fsp3) is 0.317. The van der Waals surface area contributed by atoms with Crippen LogP contribution in [-0.4, -0.2) is 17.7 Å². The van der Waals surface area contributed by atoms with Crippen LogP contribution < -0.4 is 4.74 Å². The van der Waals surface area contributed by atoms with Crippen molar-refractivity contribution in [3.8, 4) is 28.2 Å². The van der Waals surface area contributed by atoms with E-state index in [2.05, 4.69) is 60.6 Å². The Morgan fingerprint density at radius 2 is 1.43 bits per heavy atom. The van der Waals surface area contributed by atoms with Crippen LogP contribution in [0.2, 0.25) is 0 Å². The van der Waals surface area contributed by atoms with Gasteiger partial charge in [-0.15, -0.1) is 0 Å². The second kappa shape index (κ2) is 14.3. The lowest BCUT2D eigenvalue weighted by molar-refractivity contribution is -0.143. The molecule has 8 heteroatoms. The Morgan fingerprint density at radius 3 is 2.02 bits per heavy atom. The van der Waals surface area contributed by atoms with Crippen LogP contribution in [0.1, 0.15) is 66.6 Å². The van der Waals surface area contributed by atoms with Gasteiger partial charge in [0.1, 0.15) is 12.4 Å². The zero-order chi connectivity index (χ0) is 34.6. The molecule has 49 heavy (non-hydrogen) atoms. The standard InChI is InChI=1S/C41H40F3NO4/c1-4-47-38(46)25-40(21-22-40)34-17-13-32(14-18-34)31-9-11-33(12-10-31)39-37(28(3)45-49-39)24-27(2)23-29-7-19-36(20-8-29)48-26-30-5-15-35(16-6-30)41(42,43)44/h5-20,27H,4,21-26H2,1-3H3. The largest absolute Gasteiger partial charge is 0.489 e. The molecular formula is C41H40F3NO4. The molecule has 0 N–H and O–H groups in total. The van der Waals surface area contributed by atoms with Crippen molar-refractivity contribution in [3.05, 3.63) is 131 Å². The van der Waals surface area contributed by atoms with Crippen LogP contribution in [0.4, 0.5) is 13.2 Å². The molecule has 0 aliphatic heterocycles. The van der Waals surface area contributed by atoms with E-state index in [1.54, 1.807) is 0 Å². The number of hydrogen-bond acceptors (Lipinski definition) is 5. The van der Waals surface area contributed by atoms with E-state index in [1.165, 1.54) is 17.7 Å². The lowest BCUT2D eigenvalue weighted by atomic mass is 9.90. The zero-order valence-electron chi connectivity index (χ0n) is 28.0. The van der Waals surface area contributed by atoms with Gasteiger partial charge in [0, 0.05) is 16.5 Å². The Morgan fingerprint density at radius 1 is 0.837 bits per heavy atom. The Bertz CT molecular complexity index is 1860. The topological polar surface area (TPSA) is 61.6 Å². The summed E-state index contributed by atoms with van der Waals surface area (Å²) >= 11 is 0. The molecule has 1 heterocycles. The summed E-state index contributed by atoms with van der Waals surface area (Å²) in [6.45, 7) is 6.62. The molecule has 0 bridgehead atoms. The van der Waals surface area contributed by atoms with Gasteiger partial charge in [-0.2, -0.15) is 13.2 Å². The van der Waals surface area contributed by atoms with Crippen LogP contribution in [0.15, 0.2) is 102 Å². The van der Waals surface area contributed by atoms with Gasteiger partial charge >= 0.3 is 12.1 Å². The molecule has 5 aromatic rings. The average Bonchev–Trinajstić information content (AvgIpc) is 3.79. The molecule has 0 radical (unpaired) electrons. The summed E-state index contributed by atoms with van der Waals surface area (Å²) in [4.78, 5) is 12.1. The van der Waals surface area contributed by atoms with Gasteiger partial charge in [-0.25, -0.2) is 0 Å². The number of hydrogen-bond donors (Lipinski definition) is 0. The van der Waals surface area contributed by atoms with Crippen molar-refractivity contribution in [2.75, 3.05) is 6.61 Å². The number of nitrogens with zero attached hydrogens (tertiary/aromatic N) is 1. The molecule has 1 aliphatic rings. The Labute approximate surface area is 285 Å². The quantitative estimate of drug-likeness (QED) is 0.117. The number of aromatic nitrogens is 1. The number of halogens is 3. The first-order valence-corrected chi connectivity index (χ1v) is 16.7. The zero-order valence-corrected chi connectivity index (χ0v) is 28.0. The summed E-state index contributed by atoms with van der Waals surface area (Å²) < 4.78 is 55.3. The highest BCUT2D eigenvalue weighted by molar-refractivity contribution is 5.73. The molecule has 0 saturated heterocycles. The highest BCUT2D eigenvalue weighted by Gasteiger charge is 2.46. The summed E-state index contributed by atoms with van der Waals surface area (Å²) in [5, 5.41) is 4.30. The fourth-order valence-electron chi connectivity index (χ4n) is 6.39. The molecule has 1 saturated carbocycles. The number of benzene rings is 4. The number of ether oxygens (including phenoxy) is 2. The third-order valence-electron chi connectivity index (χ3n) is 9.35. The van der Waals surface area contributed by atoms with Gasteiger partial charge in [0.2, 0.25) is 0 Å². The molecule has 5 nitrogen and oxygen atoms in total. The van der Waals surface area contributed by atoms with E-state index < -0.39 is 11.7 Å². The van der Waals surface area contributed by atoms with Gasteiger partial charge in [0.15, 0.2) is 5.76 Å². The lowest BCUT2D eigenvalue weighted by Crippen LogP contribution is -2.15. The summed E-state index contributed by atoms with van der Waals surface area (Å²) in [7, 11) is 0. The third kappa shape index (κ3) is 8.24. The van der Waals surface area contributed by atoms with E-state index >= 15 is 0 Å². The predicted molar refractivity (Wildman–Crippen MR) is 183 cm³/mol. The predicted octanol–water partition coefficient (Wildman–Crippen LogP) is 10.3. The van der Waals surface area contributed by atoms with Gasteiger partial charge < -0.3 is 14.0 Å². The van der Waals surface area contributed by atoms with E-state index in [4.69, 9.17) is 14.0 Å². The summed E-state index contributed by atoms with van der Waals surface area (Å²) in [5.41, 5.74) is 7.44. The van der Waals surface area contributed by atoms with Crippen molar-refractivity contribution in [1.82, 2.24) is 5.16 Å². The van der Waals surface area contributed by atoms with Crippen molar-refractivity contribution in [3.63, 3.8) is 0 Å². The van der Waals surface area contributed by atoms with E-state index in [0.717, 1.165) is 77.1 Å². The fourth-order valence-corrected chi connectivity index (χ4v) is 6.39. The first-order chi connectivity index (χ1) is 23.5. The Hall–Kier alpha value is -4.85. The number of rotatable bonds is 13. The van der Waals surface area contributed by atoms with Crippen molar-refractivity contribution in [2.45, 2.75) is 71.1 Å². The molecule has 1 unspecified atom stereocenters. The summed E-state index contributed by atoms with van der Waals surface area (Å²) in [6, 6.07) is 29.7. The van der Waals surface area contributed by atoms with Crippen LogP contribution >= 0.6 is 0 Å². The maximum absolute atomic E-state index is 12.8. The summed E-state index contributed by atoms with van der Waals surface area (Å²) in [5.74, 6) is 1.63. The first-order valence-electron chi connectivity index (χ1n) is 16.7. The van der Waals surface area contributed by atoms with Gasteiger partial charge in [-0.1, -0.05) is 84.9 Å².